The molecule has 2 N–H and O–H groups in total. The molecule has 3 aromatic heterocycles. The van der Waals surface area contributed by atoms with Gasteiger partial charge in [-0.2, -0.15) is 0 Å². The third-order valence-electron chi connectivity index (χ3n) is 4.91. The zero-order valence-corrected chi connectivity index (χ0v) is 17.7. The Labute approximate surface area is 179 Å². The molecule has 0 aliphatic rings. The fourth-order valence-corrected chi connectivity index (χ4v) is 3.28. The lowest BCUT2D eigenvalue weighted by Crippen LogP contribution is -2.05. The van der Waals surface area contributed by atoms with Gasteiger partial charge in [-0.05, 0) is 31.0 Å². The van der Waals surface area contributed by atoms with Crippen LogP contribution in [-0.2, 0) is 13.0 Å². The number of hydrogen-bond donors (Lipinski definition) is 1. The van der Waals surface area contributed by atoms with E-state index < -0.39 is 0 Å². The largest absolute Gasteiger partial charge is 0.382 e. The molecule has 30 heavy (non-hydrogen) atoms. The fourth-order valence-electron chi connectivity index (χ4n) is 3.10. The summed E-state index contributed by atoms with van der Waals surface area (Å²) < 4.78 is 1.68. The van der Waals surface area contributed by atoms with E-state index in [0.29, 0.717) is 23.8 Å². The van der Waals surface area contributed by atoms with Crippen LogP contribution in [0.2, 0.25) is 5.02 Å². The summed E-state index contributed by atoms with van der Waals surface area (Å²) in [6, 6.07) is 7.83. The van der Waals surface area contributed by atoms with Gasteiger partial charge < -0.3 is 5.73 Å². The van der Waals surface area contributed by atoms with E-state index >= 15 is 0 Å². The molecule has 3 heterocycles. The van der Waals surface area contributed by atoms with Crippen molar-refractivity contribution in [1.82, 2.24) is 34.9 Å². The highest BCUT2D eigenvalue weighted by molar-refractivity contribution is 6.35. The summed E-state index contributed by atoms with van der Waals surface area (Å²) in [5.41, 5.74) is 11.0. The van der Waals surface area contributed by atoms with Gasteiger partial charge in [0.1, 0.15) is 28.1 Å². The average Bonchev–Trinajstić information content (AvgIpc) is 3.20. The minimum Gasteiger partial charge on any atom is -0.382 e. The zero-order chi connectivity index (χ0) is 21.3. The van der Waals surface area contributed by atoms with Crippen LogP contribution in [0.4, 0.5) is 5.82 Å². The van der Waals surface area contributed by atoms with Crippen LogP contribution in [-0.4, -0.2) is 34.9 Å². The molecule has 0 amide bonds. The number of anilines is 1. The summed E-state index contributed by atoms with van der Waals surface area (Å²) in [4.78, 5) is 17.8. The van der Waals surface area contributed by atoms with E-state index in [2.05, 4.69) is 30.2 Å². The van der Waals surface area contributed by atoms with Crippen molar-refractivity contribution >= 4 is 17.4 Å². The first-order chi connectivity index (χ1) is 14.5. The molecule has 8 nitrogen and oxygen atoms in total. The van der Waals surface area contributed by atoms with Gasteiger partial charge in [0.05, 0.1) is 18.4 Å². The fraction of sp³-hybridized carbons (Fsp3) is 0.238. The standard InChI is InChI=1S/C21H21ClN8/c1-4-17-24-9-8-14(25-17)10-30-11-16(28-29-30)19-18(22)20(23)27-21(26-19)15-7-5-6-12(2)13(15)3/h5-9,11H,4,10H2,1-3H3,(H2,23,26,27). The second-order valence-corrected chi connectivity index (χ2v) is 7.34. The minimum absolute atomic E-state index is 0.204. The molecule has 1 aromatic carbocycles. The molecule has 152 valence electrons. The lowest BCUT2D eigenvalue weighted by atomic mass is 10.0. The number of nitrogen functional groups attached to an aromatic ring is 1. The van der Waals surface area contributed by atoms with Gasteiger partial charge in [0, 0.05) is 18.2 Å². The Kier molecular flexibility index (Phi) is 5.41. The summed E-state index contributed by atoms with van der Waals surface area (Å²) in [7, 11) is 0. The van der Waals surface area contributed by atoms with E-state index in [9.17, 15) is 0 Å². The Bertz CT molecular complexity index is 1220. The number of aromatic nitrogens is 7. The molecule has 4 rings (SSSR count). The summed E-state index contributed by atoms with van der Waals surface area (Å²) in [6.45, 7) is 6.55. The highest BCUT2D eigenvalue weighted by atomic mass is 35.5. The second kappa shape index (κ2) is 8.16. The molecular formula is C21H21ClN8. The van der Waals surface area contributed by atoms with Gasteiger partial charge in [0.25, 0.3) is 0 Å². The highest BCUT2D eigenvalue weighted by Gasteiger charge is 2.18. The normalized spacial score (nSPS) is 11.1. The molecule has 0 bridgehead atoms. The van der Waals surface area contributed by atoms with Crippen molar-refractivity contribution in [2.45, 2.75) is 33.7 Å². The molecule has 0 aliphatic heterocycles. The van der Waals surface area contributed by atoms with Crippen molar-refractivity contribution in [2.24, 2.45) is 0 Å². The Morgan fingerprint density at radius 2 is 1.93 bits per heavy atom. The first kappa shape index (κ1) is 19.9. The van der Waals surface area contributed by atoms with Gasteiger partial charge in [0.15, 0.2) is 5.82 Å². The number of nitrogens with two attached hydrogens (primary N) is 1. The van der Waals surface area contributed by atoms with Crippen molar-refractivity contribution in [3.05, 3.63) is 64.3 Å². The van der Waals surface area contributed by atoms with E-state index in [1.54, 1.807) is 17.1 Å². The number of hydrogen-bond acceptors (Lipinski definition) is 7. The number of aryl methyl sites for hydroxylation is 2. The predicted octanol–water partition coefficient (Wildman–Crippen LogP) is 3.66. The van der Waals surface area contributed by atoms with E-state index in [-0.39, 0.29) is 10.8 Å². The van der Waals surface area contributed by atoms with E-state index in [1.165, 1.54) is 0 Å². The predicted molar refractivity (Wildman–Crippen MR) is 116 cm³/mol. The van der Waals surface area contributed by atoms with E-state index in [1.807, 2.05) is 45.0 Å². The van der Waals surface area contributed by atoms with Gasteiger partial charge in [0.2, 0.25) is 0 Å². The molecule has 9 heteroatoms. The van der Waals surface area contributed by atoms with Crippen LogP contribution in [0, 0.1) is 13.8 Å². The van der Waals surface area contributed by atoms with Gasteiger partial charge in [-0.15, -0.1) is 5.10 Å². The average molecular weight is 421 g/mol. The zero-order valence-electron chi connectivity index (χ0n) is 17.0. The van der Waals surface area contributed by atoms with Crippen molar-refractivity contribution in [2.75, 3.05) is 5.73 Å². The first-order valence-electron chi connectivity index (χ1n) is 9.57. The van der Waals surface area contributed by atoms with Crippen molar-refractivity contribution < 1.29 is 0 Å². The van der Waals surface area contributed by atoms with Crippen LogP contribution in [0.5, 0.6) is 0 Å². The molecule has 0 saturated heterocycles. The van der Waals surface area contributed by atoms with Crippen LogP contribution in [0.25, 0.3) is 22.8 Å². The van der Waals surface area contributed by atoms with Crippen LogP contribution in [0.1, 0.15) is 29.6 Å². The highest BCUT2D eigenvalue weighted by Crippen LogP contribution is 2.32. The first-order valence-corrected chi connectivity index (χ1v) is 9.95. The Morgan fingerprint density at radius 3 is 2.73 bits per heavy atom. The second-order valence-electron chi connectivity index (χ2n) is 6.96. The maximum atomic E-state index is 6.42. The maximum Gasteiger partial charge on any atom is 0.162 e. The number of halogens is 1. The number of benzene rings is 1. The van der Waals surface area contributed by atoms with Gasteiger partial charge in [-0.25, -0.2) is 24.6 Å². The Hall–Kier alpha value is -3.39. The van der Waals surface area contributed by atoms with Crippen LogP contribution in [0.3, 0.4) is 0 Å². The maximum absolute atomic E-state index is 6.42. The van der Waals surface area contributed by atoms with Gasteiger partial charge >= 0.3 is 0 Å². The molecule has 0 saturated carbocycles. The number of nitrogens with zero attached hydrogens (tertiary/aromatic N) is 7. The smallest absolute Gasteiger partial charge is 0.162 e. The monoisotopic (exact) mass is 420 g/mol. The van der Waals surface area contributed by atoms with Crippen LogP contribution < -0.4 is 5.73 Å². The van der Waals surface area contributed by atoms with E-state index in [4.69, 9.17) is 17.3 Å². The summed E-state index contributed by atoms with van der Waals surface area (Å²) in [6.07, 6.45) is 4.29. The minimum atomic E-state index is 0.204. The van der Waals surface area contributed by atoms with Crippen LogP contribution >= 0.6 is 11.6 Å². The Balaban J connectivity index is 1.71. The molecular weight excluding hydrogens is 400 g/mol. The lowest BCUT2D eigenvalue weighted by Gasteiger charge is -2.10. The molecule has 0 spiro atoms. The van der Waals surface area contributed by atoms with Gasteiger partial charge in [-0.1, -0.05) is 41.9 Å². The van der Waals surface area contributed by atoms with Crippen LogP contribution in [0.15, 0.2) is 36.7 Å². The van der Waals surface area contributed by atoms with Crippen molar-refractivity contribution in [3.63, 3.8) is 0 Å². The molecule has 0 fully saturated rings. The van der Waals surface area contributed by atoms with Gasteiger partial charge in [-0.3, -0.25) is 0 Å². The third kappa shape index (κ3) is 3.86. The van der Waals surface area contributed by atoms with Crippen molar-refractivity contribution in [1.29, 1.82) is 0 Å². The van der Waals surface area contributed by atoms with E-state index in [0.717, 1.165) is 34.6 Å². The topological polar surface area (TPSA) is 108 Å². The summed E-state index contributed by atoms with van der Waals surface area (Å²) in [5.74, 6) is 1.50. The number of rotatable bonds is 5. The molecule has 4 aromatic rings. The molecule has 0 atom stereocenters. The SMILES string of the molecule is CCc1nccc(Cn2cc(-c3nc(-c4cccc(C)c4C)nc(N)c3Cl)nn2)n1. The summed E-state index contributed by atoms with van der Waals surface area (Å²) >= 11 is 6.42. The molecule has 0 radical (unpaired) electrons. The molecule has 0 aliphatic carbocycles. The lowest BCUT2D eigenvalue weighted by molar-refractivity contribution is 0.634. The van der Waals surface area contributed by atoms with Crippen molar-refractivity contribution in [3.8, 4) is 22.8 Å². The Morgan fingerprint density at radius 1 is 1.10 bits per heavy atom. The third-order valence-corrected chi connectivity index (χ3v) is 5.28. The quantitative estimate of drug-likeness (QED) is 0.524. The molecule has 0 unspecified atom stereocenters. The summed E-state index contributed by atoms with van der Waals surface area (Å²) in [5, 5.41) is 8.69.